The van der Waals surface area contributed by atoms with Crippen LogP contribution >= 0.6 is 11.6 Å². The summed E-state index contributed by atoms with van der Waals surface area (Å²) in [5.41, 5.74) is 2.11. The molecular formula is C14H14ClN5. The van der Waals surface area contributed by atoms with Crippen molar-refractivity contribution < 1.29 is 0 Å². The van der Waals surface area contributed by atoms with Gasteiger partial charge < -0.3 is 5.32 Å². The van der Waals surface area contributed by atoms with Crippen molar-refractivity contribution in [1.29, 1.82) is 0 Å². The molecule has 1 N–H and O–H groups in total. The number of hydrogen-bond acceptors (Lipinski definition) is 4. The van der Waals surface area contributed by atoms with Gasteiger partial charge in [-0.3, -0.25) is 0 Å². The third-order valence-corrected chi connectivity index (χ3v) is 3.22. The summed E-state index contributed by atoms with van der Waals surface area (Å²) in [5, 5.41) is 8.28. The van der Waals surface area contributed by atoms with Crippen molar-refractivity contribution in [3.05, 3.63) is 52.9 Å². The van der Waals surface area contributed by atoms with Crippen LogP contribution in [0.25, 0.3) is 5.78 Å². The van der Waals surface area contributed by atoms with Gasteiger partial charge in [0.2, 0.25) is 0 Å². The van der Waals surface area contributed by atoms with Crippen molar-refractivity contribution in [1.82, 2.24) is 19.6 Å². The lowest BCUT2D eigenvalue weighted by Crippen LogP contribution is -2.10. The van der Waals surface area contributed by atoms with E-state index in [1.165, 1.54) is 11.9 Å². The van der Waals surface area contributed by atoms with Crippen LogP contribution in [0.2, 0.25) is 5.02 Å². The van der Waals surface area contributed by atoms with Crippen LogP contribution in [0.3, 0.4) is 0 Å². The summed E-state index contributed by atoms with van der Waals surface area (Å²) in [7, 11) is 0. The van der Waals surface area contributed by atoms with E-state index < -0.39 is 0 Å². The lowest BCUT2D eigenvalue weighted by Gasteiger charge is -2.08. The second-order valence-electron chi connectivity index (χ2n) is 4.56. The Morgan fingerprint density at radius 1 is 1.30 bits per heavy atom. The van der Waals surface area contributed by atoms with Crippen molar-refractivity contribution in [2.75, 3.05) is 11.9 Å². The summed E-state index contributed by atoms with van der Waals surface area (Å²) in [6.45, 7) is 2.73. The van der Waals surface area contributed by atoms with Gasteiger partial charge in [-0.15, -0.1) is 0 Å². The number of rotatable bonds is 4. The van der Waals surface area contributed by atoms with Gasteiger partial charge in [-0.05, 0) is 31.0 Å². The smallest absolute Gasteiger partial charge is 0.254 e. The van der Waals surface area contributed by atoms with Crippen LogP contribution < -0.4 is 5.32 Å². The van der Waals surface area contributed by atoms with Gasteiger partial charge in [-0.1, -0.05) is 23.7 Å². The fourth-order valence-corrected chi connectivity index (χ4v) is 2.30. The number of halogens is 1. The van der Waals surface area contributed by atoms with Crippen LogP contribution in [0.1, 0.15) is 11.3 Å². The highest BCUT2D eigenvalue weighted by Crippen LogP contribution is 2.13. The molecular weight excluding hydrogens is 274 g/mol. The molecule has 3 aromatic rings. The molecule has 1 aromatic carbocycles. The molecule has 0 spiro atoms. The molecule has 0 atom stereocenters. The minimum absolute atomic E-state index is 0.607. The van der Waals surface area contributed by atoms with Crippen LogP contribution in [0, 0.1) is 6.92 Å². The second-order valence-corrected chi connectivity index (χ2v) is 5.00. The van der Waals surface area contributed by atoms with Crippen LogP contribution in [-0.2, 0) is 6.42 Å². The summed E-state index contributed by atoms with van der Waals surface area (Å²) in [6, 6.07) is 9.84. The first-order valence-corrected chi connectivity index (χ1v) is 6.76. The number of fused-ring (bicyclic) bond motifs is 1. The zero-order valence-corrected chi connectivity index (χ0v) is 11.8. The number of anilines is 1. The predicted molar refractivity (Wildman–Crippen MR) is 79.2 cm³/mol. The molecule has 0 unspecified atom stereocenters. The van der Waals surface area contributed by atoms with Gasteiger partial charge in [0.05, 0.1) is 0 Å². The normalized spacial score (nSPS) is 10.9. The van der Waals surface area contributed by atoms with Crippen molar-refractivity contribution in [2.45, 2.75) is 13.3 Å². The molecule has 0 amide bonds. The second kappa shape index (κ2) is 5.46. The Bertz CT molecular complexity index is 737. The molecule has 3 rings (SSSR count). The number of aryl methyl sites for hydroxylation is 1. The molecule has 0 saturated heterocycles. The number of nitrogens with one attached hydrogen (secondary N) is 1. The summed E-state index contributed by atoms with van der Waals surface area (Å²) in [4.78, 5) is 8.41. The first kappa shape index (κ1) is 12.9. The number of hydrogen-bond donors (Lipinski definition) is 1. The Labute approximate surface area is 121 Å². The lowest BCUT2D eigenvalue weighted by atomic mass is 10.1. The standard InChI is InChI=1S/C14H14ClN5/c1-10-7-13(20-14(19-10)17-9-18-20)16-6-5-11-3-2-4-12(15)8-11/h2-4,7-9,16H,5-6H2,1H3. The molecule has 5 nitrogen and oxygen atoms in total. The topological polar surface area (TPSA) is 55.1 Å². The Balaban J connectivity index is 1.72. The average molecular weight is 288 g/mol. The van der Waals surface area contributed by atoms with Gasteiger partial charge in [0.15, 0.2) is 0 Å². The molecule has 2 aromatic heterocycles. The van der Waals surface area contributed by atoms with E-state index in [2.05, 4.69) is 26.4 Å². The fourth-order valence-electron chi connectivity index (χ4n) is 2.08. The summed E-state index contributed by atoms with van der Waals surface area (Å²) in [5.74, 6) is 1.50. The van der Waals surface area contributed by atoms with Crippen molar-refractivity contribution >= 4 is 23.2 Å². The fraction of sp³-hybridized carbons (Fsp3) is 0.214. The summed E-state index contributed by atoms with van der Waals surface area (Å²) >= 11 is 5.97. The third kappa shape index (κ3) is 2.72. The van der Waals surface area contributed by atoms with Crippen molar-refractivity contribution in [3.8, 4) is 0 Å². The zero-order valence-electron chi connectivity index (χ0n) is 11.0. The molecule has 2 heterocycles. The Hall–Kier alpha value is -2.14. The van der Waals surface area contributed by atoms with E-state index in [4.69, 9.17) is 11.6 Å². The Kier molecular flexibility index (Phi) is 3.52. The summed E-state index contributed by atoms with van der Waals surface area (Å²) < 4.78 is 1.70. The molecule has 20 heavy (non-hydrogen) atoms. The molecule has 0 aliphatic rings. The number of aromatic nitrogens is 4. The van der Waals surface area contributed by atoms with E-state index in [1.807, 2.05) is 31.2 Å². The van der Waals surface area contributed by atoms with E-state index >= 15 is 0 Å². The molecule has 0 aliphatic carbocycles. The molecule has 0 aliphatic heterocycles. The van der Waals surface area contributed by atoms with Gasteiger partial charge in [-0.2, -0.15) is 14.6 Å². The average Bonchev–Trinajstić information content (AvgIpc) is 2.87. The van der Waals surface area contributed by atoms with Gasteiger partial charge in [-0.25, -0.2) is 4.98 Å². The minimum Gasteiger partial charge on any atom is -0.370 e. The molecule has 6 heteroatoms. The largest absolute Gasteiger partial charge is 0.370 e. The summed E-state index contributed by atoms with van der Waals surface area (Å²) in [6.07, 6.45) is 2.39. The highest BCUT2D eigenvalue weighted by Gasteiger charge is 2.04. The maximum Gasteiger partial charge on any atom is 0.254 e. The maximum atomic E-state index is 5.97. The number of nitrogens with zero attached hydrogens (tertiary/aromatic N) is 4. The predicted octanol–water partition coefficient (Wildman–Crippen LogP) is 2.74. The van der Waals surface area contributed by atoms with E-state index in [9.17, 15) is 0 Å². The first-order chi connectivity index (χ1) is 9.72. The van der Waals surface area contributed by atoms with Crippen LogP contribution in [0.4, 0.5) is 5.82 Å². The van der Waals surface area contributed by atoms with E-state index in [-0.39, 0.29) is 0 Å². The van der Waals surface area contributed by atoms with Gasteiger partial charge in [0.1, 0.15) is 12.1 Å². The van der Waals surface area contributed by atoms with Gasteiger partial charge in [0, 0.05) is 23.3 Å². The Morgan fingerprint density at radius 2 is 2.20 bits per heavy atom. The van der Waals surface area contributed by atoms with E-state index in [0.29, 0.717) is 5.78 Å². The molecule has 102 valence electrons. The van der Waals surface area contributed by atoms with E-state index in [1.54, 1.807) is 4.52 Å². The van der Waals surface area contributed by atoms with Crippen molar-refractivity contribution in [2.24, 2.45) is 0 Å². The highest BCUT2D eigenvalue weighted by molar-refractivity contribution is 6.30. The SMILES string of the molecule is Cc1cc(NCCc2cccc(Cl)c2)n2ncnc2n1. The highest BCUT2D eigenvalue weighted by atomic mass is 35.5. The molecule has 0 fully saturated rings. The number of benzene rings is 1. The quantitative estimate of drug-likeness (QED) is 0.802. The Morgan fingerprint density at radius 3 is 3.05 bits per heavy atom. The monoisotopic (exact) mass is 287 g/mol. The van der Waals surface area contributed by atoms with Gasteiger partial charge in [0.25, 0.3) is 5.78 Å². The van der Waals surface area contributed by atoms with Crippen LogP contribution in [0.15, 0.2) is 36.7 Å². The zero-order chi connectivity index (χ0) is 13.9. The van der Waals surface area contributed by atoms with Gasteiger partial charge >= 0.3 is 0 Å². The van der Waals surface area contributed by atoms with Crippen LogP contribution in [-0.4, -0.2) is 26.1 Å². The van der Waals surface area contributed by atoms with E-state index in [0.717, 1.165) is 29.5 Å². The molecule has 0 bridgehead atoms. The maximum absolute atomic E-state index is 5.97. The molecule has 0 saturated carbocycles. The van der Waals surface area contributed by atoms with Crippen LogP contribution in [0.5, 0.6) is 0 Å². The minimum atomic E-state index is 0.607. The first-order valence-electron chi connectivity index (χ1n) is 6.38. The van der Waals surface area contributed by atoms with Crippen molar-refractivity contribution in [3.63, 3.8) is 0 Å². The molecule has 0 radical (unpaired) electrons. The third-order valence-electron chi connectivity index (χ3n) is 2.99. The lowest BCUT2D eigenvalue weighted by molar-refractivity contribution is 0.906.